The molecule has 1 saturated heterocycles. The number of hydrogen-bond donors (Lipinski definition) is 1. The van der Waals surface area contributed by atoms with Crippen LogP contribution in [0.2, 0.25) is 0 Å². The molecule has 3 atom stereocenters. The molecule has 3 aromatic rings. The fourth-order valence-electron chi connectivity index (χ4n) is 4.57. The van der Waals surface area contributed by atoms with Gasteiger partial charge in [-0.2, -0.15) is 4.98 Å². The number of aromatic nitrogens is 2. The zero-order valence-corrected chi connectivity index (χ0v) is 16.7. The first kappa shape index (κ1) is 18.8. The molecule has 30 heavy (non-hydrogen) atoms. The van der Waals surface area contributed by atoms with Crippen LogP contribution in [0.4, 0.5) is 0 Å². The van der Waals surface area contributed by atoms with Crippen molar-refractivity contribution in [1.82, 2.24) is 15.5 Å². The molecule has 1 aliphatic heterocycles. The van der Waals surface area contributed by atoms with Gasteiger partial charge in [-0.15, -0.1) is 0 Å². The van der Waals surface area contributed by atoms with Gasteiger partial charge in [0.1, 0.15) is 5.75 Å². The fourth-order valence-corrected chi connectivity index (χ4v) is 4.57. The second-order valence-corrected chi connectivity index (χ2v) is 7.94. The van der Waals surface area contributed by atoms with E-state index in [1.165, 1.54) is 12.7 Å². The molecule has 2 heterocycles. The van der Waals surface area contributed by atoms with Gasteiger partial charge in [-0.1, -0.05) is 35.5 Å². The molecule has 0 amide bonds. The second-order valence-electron chi connectivity index (χ2n) is 7.94. The summed E-state index contributed by atoms with van der Waals surface area (Å²) in [5.41, 5.74) is 2.01. The van der Waals surface area contributed by atoms with E-state index < -0.39 is 0 Å². The van der Waals surface area contributed by atoms with Gasteiger partial charge in [0.05, 0.1) is 13.0 Å². The molecule has 2 aliphatic rings. The van der Waals surface area contributed by atoms with Crippen LogP contribution in [0.15, 0.2) is 59.1 Å². The van der Waals surface area contributed by atoms with E-state index in [4.69, 9.17) is 14.0 Å². The summed E-state index contributed by atoms with van der Waals surface area (Å²) in [6.07, 6.45) is 0.869. The van der Waals surface area contributed by atoms with Crippen molar-refractivity contribution >= 4 is 5.97 Å². The fraction of sp³-hybridized carbons (Fsp3) is 0.348. The van der Waals surface area contributed by atoms with Crippen molar-refractivity contribution in [3.05, 3.63) is 66.0 Å². The molecule has 1 aromatic heterocycles. The molecule has 7 nitrogen and oxygen atoms in total. The van der Waals surface area contributed by atoms with Crippen LogP contribution in [0, 0.1) is 11.3 Å². The first-order valence-corrected chi connectivity index (χ1v) is 10.1. The number of esters is 1. The molecule has 0 bridgehead atoms. The Morgan fingerprint density at radius 1 is 1.23 bits per heavy atom. The minimum atomic E-state index is -0.109. The van der Waals surface area contributed by atoms with E-state index in [1.807, 2.05) is 48.5 Å². The lowest BCUT2D eigenvalue weighted by atomic mass is 9.84. The molecule has 1 spiro atoms. The maximum Gasteiger partial charge on any atom is 0.309 e. The van der Waals surface area contributed by atoms with Crippen molar-refractivity contribution < 1.29 is 18.8 Å². The van der Waals surface area contributed by atoms with Crippen LogP contribution in [0.5, 0.6) is 5.75 Å². The molecular formula is C23H23N3O4. The number of carbonyl (C=O) groups is 1. The first-order valence-electron chi connectivity index (χ1n) is 10.1. The van der Waals surface area contributed by atoms with E-state index >= 15 is 0 Å². The number of hydrogen-bond acceptors (Lipinski definition) is 7. The van der Waals surface area contributed by atoms with Gasteiger partial charge < -0.3 is 19.3 Å². The van der Waals surface area contributed by atoms with Crippen LogP contribution in [0.1, 0.15) is 23.7 Å². The minimum Gasteiger partial charge on any atom is -0.485 e. The summed E-state index contributed by atoms with van der Waals surface area (Å²) in [5.74, 6) is 1.84. The largest absolute Gasteiger partial charge is 0.485 e. The maximum atomic E-state index is 12.0. The average molecular weight is 405 g/mol. The predicted molar refractivity (Wildman–Crippen MR) is 109 cm³/mol. The number of ether oxygens (including phenoxy) is 2. The van der Waals surface area contributed by atoms with Crippen molar-refractivity contribution in [3.8, 4) is 17.2 Å². The molecular weight excluding hydrogens is 382 g/mol. The van der Waals surface area contributed by atoms with E-state index in [0.717, 1.165) is 30.8 Å². The third kappa shape index (κ3) is 3.35. The molecule has 1 saturated carbocycles. The summed E-state index contributed by atoms with van der Waals surface area (Å²) >= 11 is 0. The minimum absolute atomic E-state index is 0.0252. The van der Waals surface area contributed by atoms with Crippen molar-refractivity contribution in [2.24, 2.45) is 11.3 Å². The SMILES string of the molecule is COC(=O)C1CC12CNC[C@H]2c1cccc(OCc2noc(-c3ccccc3)n2)c1. The van der Waals surface area contributed by atoms with Crippen LogP contribution in [-0.4, -0.2) is 36.3 Å². The van der Waals surface area contributed by atoms with Crippen molar-refractivity contribution in [1.29, 1.82) is 0 Å². The molecule has 154 valence electrons. The number of rotatable bonds is 6. The third-order valence-electron chi connectivity index (χ3n) is 6.22. The lowest BCUT2D eigenvalue weighted by Gasteiger charge is -2.19. The van der Waals surface area contributed by atoms with Gasteiger partial charge in [0.2, 0.25) is 5.82 Å². The van der Waals surface area contributed by atoms with Gasteiger partial charge in [0.25, 0.3) is 5.89 Å². The van der Waals surface area contributed by atoms with Crippen LogP contribution >= 0.6 is 0 Å². The summed E-state index contributed by atoms with van der Waals surface area (Å²) in [5, 5.41) is 7.45. The zero-order valence-electron chi connectivity index (χ0n) is 16.7. The highest BCUT2D eigenvalue weighted by Gasteiger charge is 2.65. The zero-order chi connectivity index (χ0) is 20.6. The molecule has 5 rings (SSSR count). The van der Waals surface area contributed by atoms with Crippen molar-refractivity contribution in [2.75, 3.05) is 20.2 Å². The number of nitrogens with zero attached hydrogens (tertiary/aromatic N) is 2. The van der Waals surface area contributed by atoms with Crippen molar-refractivity contribution in [2.45, 2.75) is 18.9 Å². The first-order chi connectivity index (χ1) is 14.7. The standard InChI is InChI=1S/C23H23N3O4/c1-28-22(27)18-11-23(18)14-24-12-19(23)16-8-5-9-17(10-16)29-13-20-25-21(30-26-20)15-6-3-2-4-7-15/h2-10,18-19,24H,11-14H2,1H3/t18?,19-,23?/m0/s1. The highest BCUT2D eigenvalue weighted by Crippen LogP contribution is 2.63. The summed E-state index contributed by atoms with van der Waals surface area (Å²) in [6.45, 7) is 1.91. The van der Waals surface area contributed by atoms with Gasteiger partial charge in [0, 0.05) is 30.0 Å². The Hall–Kier alpha value is -3.19. The molecule has 2 fully saturated rings. The molecule has 7 heteroatoms. The van der Waals surface area contributed by atoms with E-state index in [1.54, 1.807) is 0 Å². The second kappa shape index (κ2) is 7.57. The van der Waals surface area contributed by atoms with Gasteiger partial charge in [0.15, 0.2) is 6.61 Å². The van der Waals surface area contributed by atoms with Gasteiger partial charge in [-0.3, -0.25) is 4.79 Å². The summed E-state index contributed by atoms with van der Waals surface area (Å²) in [7, 11) is 1.46. The molecule has 1 N–H and O–H groups in total. The monoisotopic (exact) mass is 405 g/mol. The number of nitrogens with one attached hydrogen (secondary N) is 1. The summed E-state index contributed by atoms with van der Waals surface area (Å²) < 4.78 is 16.2. The van der Waals surface area contributed by atoms with E-state index in [-0.39, 0.29) is 29.8 Å². The quantitative estimate of drug-likeness (QED) is 0.630. The maximum absolute atomic E-state index is 12.0. The lowest BCUT2D eigenvalue weighted by Crippen LogP contribution is -2.19. The Kier molecular flexibility index (Phi) is 4.75. The lowest BCUT2D eigenvalue weighted by molar-refractivity contribution is -0.143. The van der Waals surface area contributed by atoms with Crippen LogP contribution in [0.3, 0.4) is 0 Å². The highest BCUT2D eigenvalue weighted by molar-refractivity contribution is 5.77. The number of methoxy groups -OCH3 is 1. The number of benzene rings is 2. The van der Waals surface area contributed by atoms with E-state index in [0.29, 0.717) is 11.7 Å². The Morgan fingerprint density at radius 2 is 2.10 bits per heavy atom. The topological polar surface area (TPSA) is 86.5 Å². The highest BCUT2D eigenvalue weighted by atomic mass is 16.5. The van der Waals surface area contributed by atoms with Crippen molar-refractivity contribution in [3.63, 3.8) is 0 Å². The van der Waals surface area contributed by atoms with E-state index in [2.05, 4.69) is 21.5 Å². The Bertz CT molecular complexity index is 1050. The summed E-state index contributed by atoms with van der Waals surface area (Å²) in [4.78, 5) is 16.4. The molecule has 1 aliphatic carbocycles. The Morgan fingerprint density at radius 3 is 2.93 bits per heavy atom. The predicted octanol–water partition coefficient (Wildman–Crippen LogP) is 3.18. The van der Waals surface area contributed by atoms with Crippen LogP contribution in [0.25, 0.3) is 11.5 Å². The van der Waals surface area contributed by atoms with Crippen LogP contribution < -0.4 is 10.1 Å². The Labute approximate surface area is 174 Å². The molecule has 2 aromatic carbocycles. The molecule has 2 unspecified atom stereocenters. The average Bonchev–Trinajstić information content (AvgIpc) is 3.12. The van der Waals surface area contributed by atoms with Gasteiger partial charge in [-0.25, -0.2) is 0 Å². The third-order valence-corrected chi connectivity index (χ3v) is 6.22. The smallest absolute Gasteiger partial charge is 0.309 e. The number of carbonyl (C=O) groups excluding carboxylic acids is 1. The summed E-state index contributed by atoms with van der Waals surface area (Å²) in [6, 6.07) is 17.7. The Balaban J connectivity index is 1.27. The van der Waals surface area contributed by atoms with Crippen LogP contribution in [-0.2, 0) is 16.1 Å². The molecule has 0 radical (unpaired) electrons. The normalized spacial score (nSPS) is 24.7. The van der Waals surface area contributed by atoms with E-state index in [9.17, 15) is 4.79 Å². The van der Waals surface area contributed by atoms with Gasteiger partial charge in [-0.05, 0) is 36.2 Å². The van der Waals surface area contributed by atoms with Gasteiger partial charge >= 0.3 is 5.97 Å².